The van der Waals surface area contributed by atoms with Crippen LogP contribution >= 0.6 is 0 Å². The molecule has 1 aromatic heterocycles. The fourth-order valence-corrected chi connectivity index (χ4v) is 3.25. The fourth-order valence-electron chi connectivity index (χ4n) is 3.25. The number of nitrogens with zero attached hydrogens (tertiary/aromatic N) is 3. The second kappa shape index (κ2) is 7.67. The van der Waals surface area contributed by atoms with Crippen LogP contribution in [0.5, 0.6) is 0 Å². The van der Waals surface area contributed by atoms with Crippen molar-refractivity contribution in [3.8, 4) is 22.8 Å². The van der Waals surface area contributed by atoms with Gasteiger partial charge in [0, 0.05) is 18.2 Å². The Kier molecular flexibility index (Phi) is 5.50. The van der Waals surface area contributed by atoms with Crippen molar-refractivity contribution in [1.82, 2.24) is 14.8 Å². The van der Waals surface area contributed by atoms with E-state index in [2.05, 4.69) is 84.0 Å². The van der Waals surface area contributed by atoms with E-state index >= 15 is 0 Å². The molecule has 0 aliphatic rings. The summed E-state index contributed by atoms with van der Waals surface area (Å²) in [6.07, 6.45) is 0. The van der Waals surface area contributed by atoms with Gasteiger partial charge in [-0.25, -0.2) is 9.67 Å². The normalized spacial score (nSPS) is 11.8. The third-order valence-corrected chi connectivity index (χ3v) is 5.17. The molecule has 27 heavy (non-hydrogen) atoms. The summed E-state index contributed by atoms with van der Waals surface area (Å²) in [5.41, 5.74) is 6.22. The SMILES string of the molecule is CC(C)c1ccc(-c2nc(-c3cc(C(C)C)cc(C(C)C)c3)nn2C)cc1. The highest BCUT2D eigenvalue weighted by Crippen LogP contribution is 2.29. The molecule has 0 atom stereocenters. The van der Waals surface area contributed by atoms with Crippen LogP contribution in [0.2, 0.25) is 0 Å². The summed E-state index contributed by atoms with van der Waals surface area (Å²) in [6, 6.07) is 15.4. The fraction of sp³-hybridized carbons (Fsp3) is 0.417. The average molecular weight is 362 g/mol. The van der Waals surface area contributed by atoms with E-state index in [1.54, 1.807) is 0 Å². The number of rotatable bonds is 5. The molecule has 3 rings (SSSR count). The van der Waals surface area contributed by atoms with Crippen LogP contribution in [-0.4, -0.2) is 14.8 Å². The molecule has 0 spiro atoms. The van der Waals surface area contributed by atoms with Crippen LogP contribution in [-0.2, 0) is 7.05 Å². The van der Waals surface area contributed by atoms with E-state index in [-0.39, 0.29) is 0 Å². The minimum Gasteiger partial charge on any atom is -0.248 e. The van der Waals surface area contributed by atoms with Crippen LogP contribution in [0, 0.1) is 0 Å². The third-order valence-electron chi connectivity index (χ3n) is 5.17. The molecule has 0 unspecified atom stereocenters. The van der Waals surface area contributed by atoms with Gasteiger partial charge in [-0.2, -0.15) is 5.10 Å². The van der Waals surface area contributed by atoms with Gasteiger partial charge in [-0.1, -0.05) is 71.9 Å². The molecule has 0 saturated carbocycles. The maximum Gasteiger partial charge on any atom is 0.181 e. The minimum absolute atomic E-state index is 0.481. The molecular formula is C24H31N3. The molecule has 0 N–H and O–H groups in total. The number of hydrogen-bond acceptors (Lipinski definition) is 2. The Balaban J connectivity index is 2.03. The van der Waals surface area contributed by atoms with Crippen molar-refractivity contribution in [3.05, 3.63) is 59.2 Å². The van der Waals surface area contributed by atoms with Gasteiger partial charge in [0.15, 0.2) is 11.6 Å². The Bertz CT molecular complexity index is 889. The monoisotopic (exact) mass is 361 g/mol. The molecule has 0 amide bonds. The summed E-state index contributed by atoms with van der Waals surface area (Å²) in [5, 5.41) is 4.72. The molecule has 0 saturated heterocycles. The molecule has 0 aliphatic carbocycles. The van der Waals surface area contributed by atoms with E-state index in [4.69, 9.17) is 10.1 Å². The van der Waals surface area contributed by atoms with Gasteiger partial charge in [-0.15, -0.1) is 0 Å². The van der Waals surface area contributed by atoms with Crippen LogP contribution in [0.3, 0.4) is 0 Å². The summed E-state index contributed by atoms with van der Waals surface area (Å²) in [5.74, 6) is 3.19. The van der Waals surface area contributed by atoms with Gasteiger partial charge in [0.05, 0.1) is 0 Å². The molecule has 2 aromatic carbocycles. The van der Waals surface area contributed by atoms with Crippen molar-refractivity contribution in [2.75, 3.05) is 0 Å². The van der Waals surface area contributed by atoms with Gasteiger partial charge < -0.3 is 0 Å². The number of aryl methyl sites for hydroxylation is 1. The lowest BCUT2D eigenvalue weighted by atomic mass is 9.93. The molecule has 0 aliphatic heterocycles. The van der Waals surface area contributed by atoms with E-state index in [9.17, 15) is 0 Å². The van der Waals surface area contributed by atoms with Crippen LogP contribution in [0.1, 0.15) is 76.0 Å². The minimum atomic E-state index is 0.481. The van der Waals surface area contributed by atoms with Crippen molar-refractivity contribution >= 4 is 0 Å². The van der Waals surface area contributed by atoms with Gasteiger partial charge in [-0.05, 0) is 46.6 Å². The second-order valence-corrected chi connectivity index (χ2v) is 8.36. The Morgan fingerprint density at radius 3 is 1.67 bits per heavy atom. The molecule has 1 heterocycles. The van der Waals surface area contributed by atoms with Crippen LogP contribution in [0.4, 0.5) is 0 Å². The predicted octanol–water partition coefficient (Wildman–Crippen LogP) is 6.52. The molecule has 3 heteroatoms. The first kappa shape index (κ1) is 19.3. The first-order valence-electron chi connectivity index (χ1n) is 9.93. The van der Waals surface area contributed by atoms with Crippen molar-refractivity contribution in [2.24, 2.45) is 7.05 Å². The molecular weight excluding hydrogens is 330 g/mol. The molecule has 3 aromatic rings. The van der Waals surface area contributed by atoms with Gasteiger partial charge in [0.1, 0.15) is 0 Å². The van der Waals surface area contributed by atoms with Crippen molar-refractivity contribution in [3.63, 3.8) is 0 Å². The lowest BCUT2D eigenvalue weighted by Gasteiger charge is -2.13. The molecule has 3 nitrogen and oxygen atoms in total. The summed E-state index contributed by atoms with van der Waals surface area (Å²) in [7, 11) is 1.97. The van der Waals surface area contributed by atoms with Gasteiger partial charge in [-0.3, -0.25) is 0 Å². The molecule has 0 bridgehead atoms. The Labute approximate surface area is 163 Å². The predicted molar refractivity (Wildman–Crippen MR) is 114 cm³/mol. The maximum absolute atomic E-state index is 4.88. The smallest absolute Gasteiger partial charge is 0.181 e. The standard InChI is InChI=1S/C24H31N3/c1-15(2)18-8-10-19(11-9-18)24-25-23(26-27(24)7)22-13-20(16(3)4)12-21(14-22)17(5)6/h8-17H,1-7H3. The number of hydrogen-bond donors (Lipinski definition) is 0. The average Bonchev–Trinajstić information content (AvgIpc) is 3.03. The Morgan fingerprint density at radius 1 is 0.667 bits per heavy atom. The third kappa shape index (κ3) is 4.13. The van der Waals surface area contributed by atoms with Gasteiger partial charge in [0.25, 0.3) is 0 Å². The first-order chi connectivity index (χ1) is 12.8. The number of benzene rings is 2. The highest BCUT2D eigenvalue weighted by Gasteiger charge is 2.15. The molecule has 0 radical (unpaired) electrons. The second-order valence-electron chi connectivity index (χ2n) is 8.36. The first-order valence-corrected chi connectivity index (χ1v) is 9.93. The van der Waals surface area contributed by atoms with E-state index in [0.717, 1.165) is 22.8 Å². The quantitative estimate of drug-likeness (QED) is 0.518. The highest BCUT2D eigenvalue weighted by molar-refractivity contribution is 5.63. The van der Waals surface area contributed by atoms with E-state index in [1.807, 2.05) is 11.7 Å². The van der Waals surface area contributed by atoms with E-state index in [0.29, 0.717) is 17.8 Å². The molecule has 142 valence electrons. The van der Waals surface area contributed by atoms with Crippen molar-refractivity contribution in [1.29, 1.82) is 0 Å². The summed E-state index contributed by atoms with van der Waals surface area (Å²) in [6.45, 7) is 13.4. The van der Waals surface area contributed by atoms with E-state index < -0.39 is 0 Å². The summed E-state index contributed by atoms with van der Waals surface area (Å²) in [4.78, 5) is 4.88. The van der Waals surface area contributed by atoms with Crippen LogP contribution < -0.4 is 0 Å². The lowest BCUT2D eigenvalue weighted by Crippen LogP contribution is -1.96. The maximum atomic E-state index is 4.88. The number of aromatic nitrogens is 3. The molecule has 0 fully saturated rings. The zero-order valence-electron chi connectivity index (χ0n) is 17.6. The highest BCUT2D eigenvalue weighted by atomic mass is 15.3. The van der Waals surface area contributed by atoms with Crippen molar-refractivity contribution < 1.29 is 0 Å². The zero-order chi connectivity index (χ0) is 19.7. The van der Waals surface area contributed by atoms with Crippen LogP contribution in [0.25, 0.3) is 22.8 Å². The van der Waals surface area contributed by atoms with Gasteiger partial charge >= 0.3 is 0 Å². The van der Waals surface area contributed by atoms with E-state index in [1.165, 1.54) is 16.7 Å². The summed E-state index contributed by atoms with van der Waals surface area (Å²) < 4.78 is 1.89. The summed E-state index contributed by atoms with van der Waals surface area (Å²) >= 11 is 0. The largest absolute Gasteiger partial charge is 0.248 e. The lowest BCUT2D eigenvalue weighted by molar-refractivity contribution is 0.776. The Hall–Kier alpha value is -2.42. The van der Waals surface area contributed by atoms with Gasteiger partial charge in [0.2, 0.25) is 0 Å². The Morgan fingerprint density at radius 2 is 1.19 bits per heavy atom. The van der Waals surface area contributed by atoms with Crippen LogP contribution in [0.15, 0.2) is 42.5 Å². The van der Waals surface area contributed by atoms with Crippen molar-refractivity contribution in [2.45, 2.75) is 59.3 Å². The zero-order valence-corrected chi connectivity index (χ0v) is 17.6. The topological polar surface area (TPSA) is 30.7 Å².